The van der Waals surface area contributed by atoms with Crippen molar-refractivity contribution < 1.29 is 19.5 Å². The fourth-order valence-corrected chi connectivity index (χ4v) is 2.63. The zero-order valence-electron chi connectivity index (χ0n) is 11.1. The zero-order chi connectivity index (χ0) is 15.4. The fraction of sp³-hybridized carbons (Fsp3) is 0.357. The van der Waals surface area contributed by atoms with Crippen LogP contribution in [0.1, 0.15) is 18.4 Å². The second-order valence-corrected chi connectivity index (χ2v) is 5.81. The summed E-state index contributed by atoms with van der Waals surface area (Å²) in [6, 6.07) is 5.58. The van der Waals surface area contributed by atoms with Crippen molar-refractivity contribution in [2.24, 2.45) is 0 Å². The van der Waals surface area contributed by atoms with E-state index in [1.54, 1.807) is 18.2 Å². The molecule has 0 spiro atoms. The molecule has 2 rings (SSSR count). The van der Waals surface area contributed by atoms with Crippen LogP contribution >= 0.6 is 15.9 Å². The molecule has 1 aromatic rings. The summed E-state index contributed by atoms with van der Waals surface area (Å²) in [4.78, 5) is 34.3. The predicted octanol–water partition coefficient (Wildman–Crippen LogP) is 0.840. The van der Waals surface area contributed by atoms with Crippen LogP contribution in [0, 0.1) is 0 Å². The third kappa shape index (κ3) is 4.29. The highest BCUT2D eigenvalue weighted by Gasteiger charge is 2.30. The molecule has 7 heteroatoms. The number of carbonyl (C=O) groups excluding carboxylic acids is 2. The van der Waals surface area contributed by atoms with E-state index in [1.807, 2.05) is 6.07 Å². The standard InChI is InChI=1S/C14H15BrN2O4/c15-9-3-1-2-8(6-9)7-11(14(20)21)17-13(19)10-4-5-12(18)16-10/h1-3,6,10-11H,4-5,7H2,(H,16,18)(H,17,19)(H,20,21)/t10-,11+/m0/s1. The Balaban J connectivity index is 2.00. The smallest absolute Gasteiger partial charge is 0.326 e. The molecular weight excluding hydrogens is 340 g/mol. The van der Waals surface area contributed by atoms with Gasteiger partial charge in [0, 0.05) is 17.3 Å². The molecule has 1 aromatic carbocycles. The minimum atomic E-state index is -1.10. The maximum atomic E-state index is 12.0. The SMILES string of the molecule is O=C1CC[C@@H](C(=O)N[C@H](Cc2cccc(Br)c2)C(=O)O)N1. The Morgan fingerprint density at radius 1 is 1.48 bits per heavy atom. The second-order valence-electron chi connectivity index (χ2n) is 4.89. The average Bonchev–Trinajstić information content (AvgIpc) is 2.84. The van der Waals surface area contributed by atoms with Crippen LogP contribution in [0.15, 0.2) is 28.7 Å². The molecule has 0 radical (unpaired) electrons. The van der Waals surface area contributed by atoms with Crippen molar-refractivity contribution in [1.82, 2.24) is 10.6 Å². The topological polar surface area (TPSA) is 95.5 Å². The first-order valence-corrected chi connectivity index (χ1v) is 7.32. The van der Waals surface area contributed by atoms with E-state index in [0.29, 0.717) is 12.8 Å². The fourth-order valence-electron chi connectivity index (χ4n) is 2.18. The Kier molecular flexibility index (Phi) is 4.95. The van der Waals surface area contributed by atoms with E-state index in [2.05, 4.69) is 26.6 Å². The van der Waals surface area contributed by atoms with Crippen LogP contribution in [-0.4, -0.2) is 35.0 Å². The summed E-state index contributed by atoms with van der Waals surface area (Å²) in [5.74, 6) is -1.75. The Morgan fingerprint density at radius 3 is 2.81 bits per heavy atom. The number of rotatable bonds is 5. The molecule has 112 valence electrons. The summed E-state index contributed by atoms with van der Waals surface area (Å²) in [6.45, 7) is 0. The van der Waals surface area contributed by atoms with Crippen molar-refractivity contribution in [3.05, 3.63) is 34.3 Å². The quantitative estimate of drug-likeness (QED) is 0.729. The number of aliphatic carboxylic acids is 1. The minimum absolute atomic E-state index is 0.182. The third-order valence-corrected chi connectivity index (χ3v) is 3.75. The number of nitrogens with one attached hydrogen (secondary N) is 2. The van der Waals surface area contributed by atoms with Crippen LogP contribution < -0.4 is 10.6 Å². The summed E-state index contributed by atoms with van der Waals surface area (Å²) in [5.41, 5.74) is 0.799. The summed E-state index contributed by atoms with van der Waals surface area (Å²) >= 11 is 3.32. The van der Waals surface area contributed by atoms with Gasteiger partial charge in [-0.15, -0.1) is 0 Å². The van der Waals surface area contributed by atoms with E-state index in [-0.39, 0.29) is 12.3 Å². The van der Waals surface area contributed by atoms with E-state index < -0.39 is 24.0 Å². The van der Waals surface area contributed by atoms with Gasteiger partial charge >= 0.3 is 5.97 Å². The van der Waals surface area contributed by atoms with Crippen molar-refractivity contribution in [2.75, 3.05) is 0 Å². The summed E-state index contributed by atoms with van der Waals surface area (Å²) < 4.78 is 0.846. The van der Waals surface area contributed by atoms with Gasteiger partial charge in [0.15, 0.2) is 0 Å². The highest BCUT2D eigenvalue weighted by Crippen LogP contribution is 2.14. The van der Waals surface area contributed by atoms with Gasteiger partial charge in [0.1, 0.15) is 12.1 Å². The highest BCUT2D eigenvalue weighted by atomic mass is 79.9. The van der Waals surface area contributed by atoms with Crippen LogP contribution in [-0.2, 0) is 20.8 Å². The van der Waals surface area contributed by atoms with Crippen molar-refractivity contribution in [3.63, 3.8) is 0 Å². The molecule has 0 aromatic heterocycles. The Labute approximate surface area is 130 Å². The van der Waals surface area contributed by atoms with Crippen LogP contribution in [0.5, 0.6) is 0 Å². The Hall–Kier alpha value is -1.89. The summed E-state index contributed by atoms with van der Waals surface area (Å²) in [6.07, 6.45) is 0.872. The molecule has 1 saturated heterocycles. The number of carbonyl (C=O) groups is 3. The monoisotopic (exact) mass is 354 g/mol. The van der Waals surface area contributed by atoms with Crippen LogP contribution in [0.3, 0.4) is 0 Å². The van der Waals surface area contributed by atoms with E-state index in [4.69, 9.17) is 0 Å². The third-order valence-electron chi connectivity index (χ3n) is 3.26. The lowest BCUT2D eigenvalue weighted by atomic mass is 10.1. The molecule has 21 heavy (non-hydrogen) atoms. The van der Waals surface area contributed by atoms with Gasteiger partial charge in [-0.2, -0.15) is 0 Å². The average molecular weight is 355 g/mol. The zero-order valence-corrected chi connectivity index (χ0v) is 12.7. The van der Waals surface area contributed by atoms with Gasteiger partial charge in [0.25, 0.3) is 0 Å². The molecule has 0 saturated carbocycles. The van der Waals surface area contributed by atoms with Gasteiger partial charge in [-0.1, -0.05) is 28.1 Å². The van der Waals surface area contributed by atoms with E-state index in [0.717, 1.165) is 10.0 Å². The lowest BCUT2D eigenvalue weighted by Crippen LogP contribution is -2.49. The molecule has 0 aliphatic carbocycles. The van der Waals surface area contributed by atoms with Crippen LogP contribution in [0.2, 0.25) is 0 Å². The lowest BCUT2D eigenvalue weighted by Gasteiger charge is -2.17. The number of carboxylic acids is 1. The van der Waals surface area contributed by atoms with E-state index in [9.17, 15) is 19.5 Å². The van der Waals surface area contributed by atoms with Gasteiger partial charge < -0.3 is 15.7 Å². The predicted molar refractivity (Wildman–Crippen MR) is 78.6 cm³/mol. The Morgan fingerprint density at radius 2 is 2.24 bits per heavy atom. The molecule has 0 unspecified atom stereocenters. The molecule has 2 atom stereocenters. The maximum Gasteiger partial charge on any atom is 0.326 e. The normalized spacial score (nSPS) is 18.9. The maximum absolute atomic E-state index is 12.0. The van der Waals surface area contributed by atoms with E-state index >= 15 is 0 Å². The van der Waals surface area contributed by atoms with Crippen LogP contribution in [0.25, 0.3) is 0 Å². The summed E-state index contributed by atoms with van der Waals surface area (Å²) in [7, 11) is 0. The second kappa shape index (κ2) is 6.71. The van der Waals surface area contributed by atoms with Crippen molar-refractivity contribution in [2.45, 2.75) is 31.3 Å². The first kappa shape index (κ1) is 15.5. The van der Waals surface area contributed by atoms with Crippen LogP contribution in [0.4, 0.5) is 0 Å². The molecule has 1 fully saturated rings. The number of hydrogen-bond acceptors (Lipinski definition) is 3. The molecule has 1 aliphatic rings. The number of hydrogen-bond donors (Lipinski definition) is 3. The number of amides is 2. The van der Waals surface area contributed by atoms with E-state index in [1.165, 1.54) is 0 Å². The minimum Gasteiger partial charge on any atom is -0.480 e. The number of benzene rings is 1. The van der Waals surface area contributed by atoms with Crippen molar-refractivity contribution >= 4 is 33.7 Å². The molecule has 6 nitrogen and oxygen atoms in total. The largest absolute Gasteiger partial charge is 0.480 e. The number of halogens is 1. The van der Waals surface area contributed by atoms with Gasteiger partial charge in [-0.25, -0.2) is 4.79 Å². The van der Waals surface area contributed by atoms with Crippen molar-refractivity contribution in [1.29, 1.82) is 0 Å². The molecule has 1 heterocycles. The summed E-state index contributed by atoms with van der Waals surface area (Å²) in [5, 5.41) is 14.2. The molecule has 2 amide bonds. The lowest BCUT2D eigenvalue weighted by molar-refractivity contribution is -0.142. The van der Waals surface area contributed by atoms with Gasteiger partial charge in [-0.3, -0.25) is 9.59 Å². The molecule has 0 bridgehead atoms. The molecule has 3 N–H and O–H groups in total. The Bertz CT molecular complexity index is 576. The molecular formula is C14H15BrN2O4. The van der Waals surface area contributed by atoms with Gasteiger partial charge in [0.05, 0.1) is 0 Å². The molecule has 1 aliphatic heterocycles. The van der Waals surface area contributed by atoms with Crippen molar-refractivity contribution in [3.8, 4) is 0 Å². The highest BCUT2D eigenvalue weighted by molar-refractivity contribution is 9.10. The number of carboxylic acid groups (broad SMARTS) is 1. The van der Waals surface area contributed by atoms with Gasteiger partial charge in [-0.05, 0) is 24.1 Å². The first-order chi connectivity index (χ1) is 9.95. The first-order valence-electron chi connectivity index (χ1n) is 6.52. The van der Waals surface area contributed by atoms with Gasteiger partial charge in [0.2, 0.25) is 11.8 Å².